The van der Waals surface area contributed by atoms with Gasteiger partial charge in [-0.1, -0.05) is 72.2 Å². The summed E-state index contributed by atoms with van der Waals surface area (Å²) in [4.78, 5) is 17.8. The average Bonchev–Trinajstić information content (AvgIpc) is 2.97. The summed E-state index contributed by atoms with van der Waals surface area (Å²) in [6.45, 7) is 18.8. The molecule has 2 aromatic rings. The molecule has 1 saturated heterocycles. The highest BCUT2D eigenvalue weighted by molar-refractivity contribution is 5.76. The first-order valence-electron chi connectivity index (χ1n) is 16.8. The van der Waals surface area contributed by atoms with Crippen molar-refractivity contribution in [3.63, 3.8) is 0 Å². The molecule has 2 aliphatic rings. The molecule has 2 atom stereocenters. The van der Waals surface area contributed by atoms with Crippen LogP contribution in [0.5, 0.6) is 0 Å². The minimum Gasteiger partial charge on any atom is -0.381 e. The molecule has 1 saturated carbocycles. The van der Waals surface area contributed by atoms with Crippen molar-refractivity contribution in [2.24, 2.45) is 28.6 Å². The minimum atomic E-state index is -0.265. The largest absolute Gasteiger partial charge is 0.381 e. The van der Waals surface area contributed by atoms with Gasteiger partial charge < -0.3 is 9.64 Å². The average molecular weight is 611 g/mol. The van der Waals surface area contributed by atoms with Crippen LogP contribution in [0.1, 0.15) is 97.1 Å². The number of rotatable bonds is 10. The van der Waals surface area contributed by atoms with Crippen LogP contribution in [-0.2, 0) is 9.53 Å². The molecule has 1 aliphatic heterocycles. The predicted octanol–water partition coefficient (Wildman–Crippen LogP) is 8.55. The summed E-state index contributed by atoms with van der Waals surface area (Å²) in [5.74, 6) is 1.47. The Morgan fingerprint density at radius 3 is 1.70 bits per heavy atom. The lowest BCUT2D eigenvalue weighted by Crippen LogP contribution is -2.53. The molecule has 0 bridgehead atoms. The molecule has 4 rings (SSSR count). The second-order valence-corrected chi connectivity index (χ2v) is 15.6. The number of hydrogen-bond acceptors (Lipinski definition) is 3. The lowest BCUT2D eigenvalue weighted by molar-refractivity contribution is -0.133. The summed E-state index contributed by atoms with van der Waals surface area (Å²) >= 11 is 0. The van der Waals surface area contributed by atoms with Gasteiger partial charge in [0.2, 0.25) is 5.91 Å². The van der Waals surface area contributed by atoms with Crippen molar-refractivity contribution in [3.05, 3.63) is 71.3 Å². The number of methoxy groups -OCH3 is 1. The Morgan fingerprint density at radius 2 is 1.27 bits per heavy atom. The topological polar surface area (TPSA) is 32.8 Å². The number of nitrogens with zero attached hydrogens (tertiary/aromatic N) is 2. The smallest absolute Gasteiger partial charge is 0.222 e. The maximum atomic E-state index is 13.6. The number of benzene rings is 2. The van der Waals surface area contributed by atoms with E-state index in [1.54, 1.807) is 0 Å². The molecule has 6 heteroatoms. The Hall–Kier alpha value is -2.31. The summed E-state index contributed by atoms with van der Waals surface area (Å²) in [6.07, 6.45) is 5.75. The van der Waals surface area contributed by atoms with Gasteiger partial charge in [0.05, 0.1) is 6.10 Å². The summed E-state index contributed by atoms with van der Waals surface area (Å²) < 4.78 is 33.3. The van der Waals surface area contributed by atoms with E-state index >= 15 is 0 Å². The van der Waals surface area contributed by atoms with Crippen molar-refractivity contribution in [3.8, 4) is 0 Å². The second-order valence-electron chi connectivity index (χ2n) is 15.6. The monoisotopic (exact) mass is 610 g/mol. The van der Waals surface area contributed by atoms with Gasteiger partial charge in [0.15, 0.2) is 0 Å². The Kier molecular flexibility index (Phi) is 11.7. The number of amides is 1. The van der Waals surface area contributed by atoms with E-state index in [0.717, 1.165) is 63.1 Å². The Bertz CT molecular complexity index is 1110. The first-order chi connectivity index (χ1) is 20.8. The predicted molar refractivity (Wildman–Crippen MR) is 176 cm³/mol. The number of ether oxygens (including phenoxy) is 1. The standard InChI is InChI=1S/C38H56F2N2O2/c1-37(2,3)33-24-27(25-34(36(33)44-7)38(4,5)6)26-41-20-22-42(23-21-41)35(43)11-9-8-10-32(28-12-16-30(39)17-13-28)29-14-18-31(40)19-15-29/h12-19,27,32-34,36H,8-11,20-26H2,1-7H3. The van der Waals surface area contributed by atoms with E-state index in [0.29, 0.717) is 30.3 Å². The van der Waals surface area contributed by atoms with Crippen molar-refractivity contribution >= 4 is 5.91 Å². The molecular weight excluding hydrogens is 554 g/mol. The van der Waals surface area contributed by atoms with E-state index in [-0.39, 0.29) is 34.3 Å². The SMILES string of the molecule is COC1C(C(C)(C)C)CC(CN2CCN(C(=O)CCCCC(c3ccc(F)cc3)c3ccc(F)cc3)CC2)CC1C(C)(C)C. The molecule has 244 valence electrons. The second kappa shape index (κ2) is 14.9. The Labute approximate surface area is 265 Å². The van der Waals surface area contributed by atoms with Gasteiger partial charge in [-0.15, -0.1) is 0 Å². The molecule has 1 heterocycles. The van der Waals surface area contributed by atoms with Crippen LogP contribution in [0.4, 0.5) is 8.78 Å². The first kappa shape index (κ1) is 34.6. The normalized spacial score (nSPS) is 23.7. The number of carbonyl (C=O) groups excluding carboxylic acids is 1. The fourth-order valence-electron chi connectivity index (χ4n) is 7.78. The summed E-state index contributed by atoms with van der Waals surface area (Å²) in [5.41, 5.74) is 2.43. The van der Waals surface area contributed by atoms with Crippen LogP contribution >= 0.6 is 0 Å². The third kappa shape index (κ3) is 9.13. The van der Waals surface area contributed by atoms with Gasteiger partial charge in [0.25, 0.3) is 0 Å². The highest BCUT2D eigenvalue weighted by atomic mass is 19.1. The Morgan fingerprint density at radius 1 is 0.795 bits per heavy atom. The highest BCUT2D eigenvalue weighted by Crippen LogP contribution is 2.49. The van der Waals surface area contributed by atoms with Crippen LogP contribution in [-0.4, -0.2) is 61.6 Å². The summed E-state index contributed by atoms with van der Waals surface area (Å²) in [5, 5.41) is 0. The first-order valence-corrected chi connectivity index (χ1v) is 16.8. The molecule has 1 aliphatic carbocycles. The number of piperazine rings is 1. The number of carbonyl (C=O) groups is 1. The van der Waals surface area contributed by atoms with Crippen molar-refractivity contribution in [1.82, 2.24) is 9.80 Å². The van der Waals surface area contributed by atoms with E-state index in [2.05, 4.69) is 46.4 Å². The van der Waals surface area contributed by atoms with E-state index in [9.17, 15) is 13.6 Å². The van der Waals surface area contributed by atoms with Crippen LogP contribution in [0.25, 0.3) is 0 Å². The maximum absolute atomic E-state index is 13.6. The molecule has 0 radical (unpaired) electrons. The Balaban J connectivity index is 1.25. The van der Waals surface area contributed by atoms with Crippen molar-refractivity contribution < 1.29 is 18.3 Å². The fourth-order valence-corrected chi connectivity index (χ4v) is 7.78. The van der Waals surface area contributed by atoms with E-state index in [4.69, 9.17) is 4.74 Å². The lowest BCUT2D eigenvalue weighted by atomic mass is 9.58. The van der Waals surface area contributed by atoms with Gasteiger partial charge in [-0.05, 0) is 89.7 Å². The summed E-state index contributed by atoms with van der Waals surface area (Å²) in [6, 6.07) is 13.1. The van der Waals surface area contributed by atoms with Crippen LogP contribution in [0.15, 0.2) is 48.5 Å². The quantitative estimate of drug-likeness (QED) is 0.253. The third-order valence-corrected chi connectivity index (χ3v) is 10.4. The van der Waals surface area contributed by atoms with Crippen LogP contribution in [0.2, 0.25) is 0 Å². The van der Waals surface area contributed by atoms with Gasteiger partial charge in [-0.25, -0.2) is 8.78 Å². The third-order valence-electron chi connectivity index (χ3n) is 10.4. The molecule has 0 N–H and O–H groups in total. The number of halogens is 2. The molecule has 0 aromatic heterocycles. The zero-order valence-electron chi connectivity index (χ0n) is 28.3. The van der Waals surface area contributed by atoms with Gasteiger partial charge in [0.1, 0.15) is 11.6 Å². The van der Waals surface area contributed by atoms with Gasteiger partial charge in [-0.3, -0.25) is 9.69 Å². The molecule has 2 unspecified atom stereocenters. The zero-order chi connectivity index (χ0) is 32.1. The van der Waals surface area contributed by atoms with Crippen molar-refractivity contribution in [2.45, 2.75) is 92.1 Å². The molecule has 4 nitrogen and oxygen atoms in total. The van der Waals surface area contributed by atoms with Crippen molar-refractivity contribution in [2.75, 3.05) is 39.8 Å². The molecule has 1 amide bonds. The van der Waals surface area contributed by atoms with Crippen molar-refractivity contribution in [1.29, 1.82) is 0 Å². The molecule has 44 heavy (non-hydrogen) atoms. The maximum Gasteiger partial charge on any atom is 0.222 e. The summed E-state index contributed by atoms with van der Waals surface area (Å²) in [7, 11) is 1.90. The van der Waals surface area contributed by atoms with Crippen LogP contribution < -0.4 is 0 Å². The number of unbranched alkanes of at least 4 members (excludes halogenated alkanes) is 1. The molecular formula is C38H56F2N2O2. The molecule has 2 aromatic carbocycles. The fraction of sp³-hybridized carbons (Fsp3) is 0.658. The zero-order valence-corrected chi connectivity index (χ0v) is 28.3. The highest BCUT2D eigenvalue weighted by Gasteiger charge is 2.47. The van der Waals surface area contributed by atoms with E-state index in [1.807, 2.05) is 36.3 Å². The lowest BCUT2D eigenvalue weighted by Gasteiger charge is -2.51. The van der Waals surface area contributed by atoms with Gasteiger partial charge >= 0.3 is 0 Å². The minimum absolute atomic E-state index is 0.0459. The van der Waals surface area contributed by atoms with E-state index in [1.165, 1.54) is 37.1 Å². The molecule has 2 fully saturated rings. The van der Waals surface area contributed by atoms with E-state index < -0.39 is 0 Å². The number of hydrogen-bond donors (Lipinski definition) is 0. The van der Waals surface area contributed by atoms with Crippen LogP contribution in [0, 0.1) is 40.2 Å². The van der Waals surface area contributed by atoms with Crippen LogP contribution in [0.3, 0.4) is 0 Å². The van der Waals surface area contributed by atoms with Gasteiger partial charge in [0, 0.05) is 52.2 Å². The van der Waals surface area contributed by atoms with Gasteiger partial charge in [-0.2, -0.15) is 0 Å². The molecule has 0 spiro atoms.